The van der Waals surface area contributed by atoms with Gasteiger partial charge < -0.3 is 14.2 Å². The molecule has 410 valence electrons. The van der Waals surface area contributed by atoms with Crippen molar-refractivity contribution in [2.24, 2.45) is 0 Å². The van der Waals surface area contributed by atoms with Crippen LogP contribution in [0.4, 0.5) is 0 Å². The number of esters is 3. The predicted molar refractivity (Wildman–Crippen MR) is 315 cm³/mol. The molecule has 0 aromatic heterocycles. The maximum Gasteiger partial charge on any atom is 0.306 e. The van der Waals surface area contributed by atoms with Gasteiger partial charge in [0.05, 0.1) is 0 Å². The van der Waals surface area contributed by atoms with E-state index in [1.54, 1.807) is 0 Å². The summed E-state index contributed by atoms with van der Waals surface area (Å²) in [6.07, 6.45) is 85.4. The van der Waals surface area contributed by atoms with E-state index in [0.717, 1.165) is 173 Å². The molecule has 0 aliphatic rings. The van der Waals surface area contributed by atoms with E-state index in [-0.39, 0.29) is 37.5 Å². The van der Waals surface area contributed by atoms with Gasteiger partial charge in [0, 0.05) is 19.3 Å². The van der Waals surface area contributed by atoms with E-state index in [1.165, 1.54) is 25.7 Å². The highest BCUT2D eigenvalue weighted by Crippen LogP contribution is 2.13. The lowest BCUT2D eigenvalue weighted by molar-refractivity contribution is -0.167. The van der Waals surface area contributed by atoms with Gasteiger partial charge in [-0.3, -0.25) is 14.4 Å². The smallest absolute Gasteiger partial charge is 0.306 e. The summed E-state index contributed by atoms with van der Waals surface area (Å²) in [5, 5.41) is 0. The van der Waals surface area contributed by atoms with Crippen molar-refractivity contribution in [1.29, 1.82) is 0 Å². The van der Waals surface area contributed by atoms with Crippen LogP contribution >= 0.6 is 0 Å². The van der Waals surface area contributed by atoms with E-state index in [1.807, 2.05) is 0 Å². The molecule has 6 nitrogen and oxygen atoms in total. The van der Waals surface area contributed by atoms with Crippen LogP contribution in [0.3, 0.4) is 0 Å². The molecule has 0 aliphatic carbocycles. The van der Waals surface area contributed by atoms with Crippen molar-refractivity contribution in [3.63, 3.8) is 0 Å². The topological polar surface area (TPSA) is 78.9 Å². The van der Waals surface area contributed by atoms with Gasteiger partial charge in [-0.05, 0) is 141 Å². The van der Waals surface area contributed by atoms with Crippen LogP contribution in [0.1, 0.15) is 239 Å². The van der Waals surface area contributed by atoms with E-state index in [2.05, 4.69) is 167 Å². The van der Waals surface area contributed by atoms with E-state index in [9.17, 15) is 14.4 Å². The number of ether oxygens (including phenoxy) is 3. The fourth-order valence-electron chi connectivity index (χ4n) is 7.47. The lowest BCUT2D eigenvalue weighted by Crippen LogP contribution is -2.30. The van der Waals surface area contributed by atoms with Crippen LogP contribution in [0.15, 0.2) is 146 Å². The number of hydrogen-bond donors (Lipinski definition) is 0. The molecule has 6 heteroatoms. The zero-order chi connectivity index (χ0) is 52.9. The zero-order valence-electron chi connectivity index (χ0n) is 46.8. The van der Waals surface area contributed by atoms with E-state index >= 15 is 0 Å². The van der Waals surface area contributed by atoms with E-state index in [4.69, 9.17) is 14.2 Å². The Bertz CT molecular complexity index is 1630. The molecular weight excluding hydrogens is 901 g/mol. The highest BCUT2D eigenvalue weighted by Gasteiger charge is 2.19. The minimum absolute atomic E-state index is 0.110. The first-order chi connectivity index (χ1) is 36.0. The van der Waals surface area contributed by atoms with Gasteiger partial charge in [-0.1, -0.05) is 224 Å². The van der Waals surface area contributed by atoms with Crippen LogP contribution in [0.5, 0.6) is 0 Å². The molecule has 0 saturated carbocycles. The molecule has 0 amide bonds. The maximum atomic E-state index is 12.9. The molecule has 1 atom stereocenters. The van der Waals surface area contributed by atoms with Crippen molar-refractivity contribution in [2.45, 2.75) is 245 Å². The SMILES string of the molecule is CC/C=C\C/C=C\C/C=C\C/C=C\C/C=C\C/C=C\CCCCCCC(=O)OCC(COC(=O)CCCCCCC/C=C\C/C=C\CCCCC)OC(=O)CCCCCC/C=C\C/C=C\C/C=C\C/C=C\CC. The molecule has 0 N–H and O–H groups in total. The molecular formula is C67H106O6. The number of carbonyl (C=O) groups is 3. The molecule has 0 aliphatic heterocycles. The van der Waals surface area contributed by atoms with Crippen molar-refractivity contribution >= 4 is 17.9 Å². The summed E-state index contributed by atoms with van der Waals surface area (Å²) in [5.74, 6) is -0.977. The average molecular weight is 1010 g/mol. The second-order valence-electron chi connectivity index (χ2n) is 18.8. The first-order valence-electron chi connectivity index (χ1n) is 29.3. The van der Waals surface area contributed by atoms with Crippen LogP contribution in [0, 0.1) is 0 Å². The molecule has 0 spiro atoms. The molecule has 0 aromatic carbocycles. The summed E-state index contributed by atoms with van der Waals surface area (Å²) in [6.45, 7) is 6.32. The highest BCUT2D eigenvalue weighted by molar-refractivity contribution is 5.71. The summed E-state index contributed by atoms with van der Waals surface area (Å²) >= 11 is 0. The van der Waals surface area contributed by atoms with Gasteiger partial charge in [0.15, 0.2) is 6.10 Å². The van der Waals surface area contributed by atoms with Crippen LogP contribution in [-0.4, -0.2) is 37.2 Å². The second-order valence-corrected chi connectivity index (χ2v) is 18.8. The number of unbranched alkanes of at least 4 members (excludes halogenated alkanes) is 16. The summed E-state index contributed by atoms with van der Waals surface area (Å²) in [6, 6.07) is 0. The Morgan fingerprint density at radius 3 is 0.836 bits per heavy atom. The second kappa shape index (κ2) is 59.8. The van der Waals surface area contributed by atoms with Gasteiger partial charge in [-0.25, -0.2) is 0 Å². The Labute approximate surface area is 448 Å². The normalized spacial score (nSPS) is 13.2. The van der Waals surface area contributed by atoms with Crippen molar-refractivity contribution in [2.75, 3.05) is 13.2 Å². The molecule has 0 aromatic rings. The first-order valence-corrected chi connectivity index (χ1v) is 29.3. The van der Waals surface area contributed by atoms with Gasteiger partial charge in [0.25, 0.3) is 0 Å². The van der Waals surface area contributed by atoms with Crippen molar-refractivity contribution in [3.8, 4) is 0 Å². The highest BCUT2D eigenvalue weighted by atomic mass is 16.6. The molecule has 0 bridgehead atoms. The van der Waals surface area contributed by atoms with Crippen LogP contribution in [0.25, 0.3) is 0 Å². The van der Waals surface area contributed by atoms with Gasteiger partial charge in [0.2, 0.25) is 0 Å². The van der Waals surface area contributed by atoms with E-state index < -0.39 is 6.10 Å². The number of carbonyl (C=O) groups excluding carboxylic acids is 3. The first kappa shape index (κ1) is 68.3. The van der Waals surface area contributed by atoms with Gasteiger partial charge in [0.1, 0.15) is 13.2 Å². The standard InChI is InChI=1S/C67H106O6/c1-4-7-10-13-16-19-22-25-28-30-31-32-33-34-35-37-39-42-45-48-51-54-57-60-66(69)72-63-64(62-71-65(68)59-56-53-50-47-44-41-38-27-24-21-18-15-12-9-6-3)73-67(70)61-58-55-52-49-46-43-40-36-29-26-23-20-17-14-11-8-5-2/h7-8,10-11,16-21,25-29,31-32,34-35,38-40,42-43,64H,4-6,9,12-15,22-24,30,33,36-37,41,44-63H2,1-3H3/b10-7-,11-8-,19-16-,20-17-,21-18-,28-25-,29-26-,32-31-,35-34-,38-27-,42-39-,43-40-. The molecule has 1 unspecified atom stereocenters. The molecule has 73 heavy (non-hydrogen) atoms. The molecule has 0 radical (unpaired) electrons. The Kier molecular flexibility index (Phi) is 56.0. The minimum atomic E-state index is -0.815. The molecule has 0 heterocycles. The number of rotatable bonds is 51. The van der Waals surface area contributed by atoms with Gasteiger partial charge in [-0.15, -0.1) is 0 Å². The summed E-state index contributed by atoms with van der Waals surface area (Å²) in [5.41, 5.74) is 0. The summed E-state index contributed by atoms with van der Waals surface area (Å²) in [4.78, 5) is 38.2. The predicted octanol–water partition coefficient (Wildman–Crippen LogP) is 20.0. The van der Waals surface area contributed by atoms with Crippen molar-refractivity contribution in [3.05, 3.63) is 146 Å². The molecule has 0 saturated heterocycles. The maximum absolute atomic E-state index is 12.9. The average Bonchev–Trinajstić information content (AvgIpc) is 3.39. The lowest BCUT2D eigenvalue weighted by Gasteiger charge is -2.18. The van der Waals surface area contributed by atoms with Crippen LogP contribution in [0.2, 0.25) is 0 Å². The number of allylic oxidation sites excluding steroid dienone is 24. The quantitative estimate of drug-likeness (QED) is 0.0261. The van der Waals surface area contributed by atoms with E-state index in [0.29, 0.717) is 12.8 Å². The van der Waals surface area contributed by atoms with Crippen molar-refractivity contribution < 1.29 is 28.6 Å². The minimum Gasteiger partial charge on any atom is -0.462 e. The Balaban J connectivity index is 4.51. The molecule has 0 rings (SSSR count). The van der Waals surface area contributed by atoms with Crippen LogP contribution in [-0.2, 0) is 28.6 Å². The van der Waals surface area contributed by atoms with Gasteiger partial charge >= 0.3 is 17.9 Å². The van der Waals surface area contributed by atoms with Crippen LogP contribution < -0.4 is 0 Å². The summed E-state index contributed by atoms with van der Waals surface area (Å²) < 4.78 is 16.8. The monoisotopic (exact) mass is 1010 g/mol. The third-order valence-corrected chi connectivity index (χ3v) is 11.8. The third-order valence-electron chi connectivity index (χ3n) is 11.8. The Hall–Kier alpha value is -4.71. The Morgan fingerprint density at radius 2 is 0.534 bits per heavy atom. The third kappa shape index (κ3) is 58.1. The summed E-state index contributed by atoms with van der Waals surface area (Å²) in [7, 11) is 0. The molecule has 0 fully saturated rings. The fraction of sp³-hybridized carbons (Fsp3) is 0.597. The Morgan fingerprint density at radius 1 is 0.288 bits per heavy atom. The fourth-order valence-corrected chi connectivity index (χ4v) is 7.47. The number of hydrogen-bond acceptors (Lipinski definition) is 6. The van der Waals surface area contributed by atoms with Gasteiger partial charge in [-0.2, -0.15) is 0 Å². The van der Waals surface area contributed by atoms with Crippen molar-refractivity contribution in [1.82, 2.24) is 0 Å². The zero-order valence-corrected chi connectivity index (χ0v) is 46.8. The largest absolute Gasteiger partial charge is 0.462 e. The lowest BCUT2D eigenvalue weighted by atomic mass is 10.1.